The van der Waals surface area contributed by atoms with Crippen molar-refractivity contribution in [2.24, 2.45) is 7.05 Å². The normalized spacial score (nSPS) is 11.1. The van der Waals surface area contributed by atoms with Crippen LogP contribution in [0.5, 0.6) is 0 Å². The Labute approximate surface area is 101 Å². The van der Waals surface area contributed by atoms with Gasteiger partial charge in [0.2, 0.25) is 0 Å². The standard InChI is InChI=1S/C9H9N7S/c1-15-9(12-5-13-15)17-8-7-11-2-3-16(7)4-6(10)14-8/h2-5H,10H2,1H3. The van der Waals surface area contributed by atoms with E-state index in [-0.39, 0.29) is 0 Å². The maximum absolute atomic E-state index is 5.73. The van der Waals surface area contributed by atoms with E-state index in [4.69, 9.17) is 5.73 Å². The number of rotatable bonds is 2. The molecule has 3 rings (SSSR count). The van der Waals surface area contributed by atoms with Gasteiger partial charge < -0.3 is 10.1 Å². The van der Waals surface area contributed by atoms with Gasteiger partial charge in [0, 0.05) is 19.4 Å². The van der Waals surface area contributed by atoms with Crippen LogP contribution in [0, 0.1) is 0 Å². The lowest BCUT2D eigenvalue weighted by Crippen LogP contribution is -1.99. The van der Waals surface area contributed by atoms with Gasteiger partial charge in [-0.15, -0.1) is 0 Å². The van der Waals surface area contributed by atoms with Gasteiger partial charge in [-0.25, -0.2) is 19.6 Å². The second-order valence-corrected chi connectivity index (χ2v) is 4.35. The zero-order valence-electron chi connectivity index (χ0n) is 8.98. The summed E-state index contributed by atoms with van der Waals surface area (Å²) in [6.07, 6.45) is 6.76. The number of hydrogen-bond acceptors (Lipinski definition) is 6. The number of nitrogen functional groups attached to an aromatic ring is 1. The second kappa shape index (κ2) is 3.74. The first-order valence-electron chi connectivity index (χ1n) is 4.85. The number of anilines is 1. The van der Waals surface area contributed by atoms with Crippen LogP contribution in [0.3, 0.4) is 0 Å². The first-order chi connectivity index (χ1) is 8.24. The molecule has 0 amide bonds. The summed E-state index contributed by atoms with van der Waals surface area (Å²) < 4.78 is 3.51. The molecular formula is C9H9N7S. The van der Waals surface area contributed by atoms with Gasteiger partial charge in [-0.05, 0) is 11.8 Å². The molecule has 0 radical (unpaired) electrons. The second-order valence-electron chi connectivity index (χ2n) is 3.40. The number of nitrogens with zero attached hydrogens (tertiary/aromatic N) is 6. The van der Waals surface area contributed by atoms with Crippen LogP contribution in [-0.2, 0) is 7.05 Å². The fraction of sp³-hybridized carbons (Fsp3) is 0.111. The fourth-order valence-corrected chi connectivity index (χ4v) is 2.31. The number of hydrogen-bond donors (Lipinski definition) is 1. The highest BCUT2D eigenvalue weighted by Gasteiger charge is 2.11. The molecule has 0 aromatic carbocycles. The SMILES string of the molecule is Cn1ncnc1Sc1nc(N)cn2ccnc12. The maximum Gasteiger partial charge on any atom is 0.192 e. The summed E-state index contributed by atoms with van der Waals surface area (Å²) >= 11 is 1.38. The van der Waals surface area contributed by atoms with E-state index in [2.05, 4.69) is 20.1 Å². The Morgan fingerprint density at radius 2 is 2.24 bits per heavy atom. The van der Waals surface area contributed by atoms with Crippen LogP contribution in [0.1, 0.15) is 0 Å². The van der Waals surface area contributed by atoms with Crippen LogP contribution in [0.15, 0.2) is 35.1 Å². The Bertz CT molecular complexity index is 671. The maximum atomic E-state index is 5.73. The molecule has 3 aromatic rings. The van der Waals surface area contributed by atoms with Crippen molar-refractivity contribution in [3.63, 3.8) is 0 Å². The number of aromatic nitrogens is 6. The van der Waals surface area contributed by atoms with Crippen molar-refractivity contribution >= 4 is 23.2 Å². The van der Waals surface area contributed by atoms with Gasteiger partial charge in [0.05, 0.1) is 6.20 Å². The lowest BCUT2D eigenvalue weighted by Gasteiger charge is -2.03. The van der Waals surface area contributed by atoms with Crippen molar-refractivity contribution in [1.82, 2.24) is 29.1 Å². The average Bonchev–Trinajstić information content (AvgIpc) is 2.88. The number of fused-ring (bicyclic) bond motifs is 1. The van der Waals surface area contributed by atoms with Crippen molar-refractivity contribution < 1.29 is 0 Å². The van der Waals surface area contributed by atoms with Crippen LogP contribution in [0.4, 0.5) is 5.82 Å². The molecule has 7 nitrogen and oxygen atoms in total. The minimum Gasteiger partial charge on any atom is -0.382 e. The van der Waals surface area contributed by atoms with Gasteiger partial charge >= 0.3 is 0 Å². The zero-order chi connectivity index (χ0) is 11.8. The molecule has 0 saturated carbocycles. The molecule has 0 spiro atoms. The summed E-state index contributed by atoms with van der Waals surface area (Å²) in [5.41, 5.74) is 6.49. The van der Waals surface area contributed by atoms with E-state index in [0.29, 0.717) is 10.8 Å². The summed E-state index contributed by atoms with van der Waals surface area (Å²) in [6.45, 7) is 0. The van der Waals surface area contributed by atoms with Gasteiger partial charge in [-0.2, -0.15) is 5.10 Å². The molecule has 0 fully saturated rings. The highest BCUT2D eigenvalue weighted by Crippen LogP contribution is 2.27. The minimum atomic E-state index is 0.445. The van der Waals surface area contributed by atoms with Crippen molar-refractivity contribution in [3.05, 3.63) is 24.9 Å². The Morgan fingerprint density at radius 1 is 1.35 bits per heavy atom. The zero-order valence-corrected chi connectivity index (χ0v) is 9.79. The van der Waals surface area contributed by atoms with Crippen LogP contribution < -0.4 is 5.73 Å². The van der Waals surface area contributed by atoms with Crippen LogP contribution in [0.25, 0.3) is 5.65 Å². The molecule has 8 heteroatoms. The summed E-state index contributed by atoms with van der Waals surface area (Å²) in [6, 6.07) is 0. The molecule has 86 valence electrons. The van der Waals surface area contributed by atoms with Gasteiger partial charge in [-0.1, -0.05) is 0 Å². The van der Waals surface area contributed by atoms with Gasteiger partial charge in [0.25, 0.3) is 0 Å². The Morgan fingerprint density at radius 3 is 3.00 bits per heavy atom. The third-order valence-corrected chi connectivity index (χ3v) is 3.24. The Hall–Kier alpha value is -2.09. The molecular weight excluding hydrogens is 238 g/mol. The van der Waals surface area contributed by atoms with Gasteiger partial charge in [0.15, 0.2) is 10.8 Å². The molecule has 0 aliphatic rings. The van der Waals surface area contributed by atoms with Crippen LogP contribution in [0.2, 0.25) is 0 Å². The van der Waals surface area contributed by atoms with E-state index < -0.39 is 0 Å². The van der Waals surface area contributed by atoms with Crippen molar-refractivity contribution in [2.45, 2.75) is 10.2 Å². The molecule has 0 unspecified atom stereocenters. The third-order valence-electron chi connectivity index (χ3n) is 2.22. The fourth-order valence-electron chi connectivity index (χ4n) is 1.45. The molecule has 17 heavy (non-hydrogen) atoms. The molecule has 0 aliphatic carbocycles. The van der Waals surface area contributed by atoms with E-state index in [1.54, 1.807) is 17.1 Å². The van der Waals surface area contributed by atoms with Crippen LogP contribution >= 0.6 is 11.8 Å². The number of nitrogens with two attached hydrogens (primary N) is 1. The van der Waals surface area contributed by atoms with Crippen molar-refractivity contribution in [2.75, 3.05) is 5.73 Å². The van der Waals surface area contributed by atoms with E-state index in [0.717, 1.165) is 10.8 Å². The molecule has 0 atom stereocenters. The van der Waals surface area contributed by atoms with E-state index in [1.807, 2.05) is 17.6 Å². The quantitative estimate of drug-likeness (QED) is 0.713. The number of imidazole rings is 1. The predicted molar refractivity (Wildman–Crippen MR) is 62.5 cm³/mol. The van der Waals surface area contributed by atoms with Gasteiger partial charge in [0.1, 0.15) is 17.2 Å². The molecule has 3 aromatic heterocycles. The lowest BCUT2D eigenvalue weighted by molar-refractivity contribution is 0.684. The predicted octanol–water partition coefficient (Wildman–Crippen LogP) is 0.591. The molecule has 2 N–H and O–H groups in total. The lowest BCUT2D eigenvalue weighted by atomic mass is 10.6. The van der Waals surface area contributed by atoms with Crippen LogP contribution in [-0.4, -0.2) is 29.1 Å². The first kappa shape index (κ1) is 10.1. The summed E-state index contributed by atoms with van der Waals surface area (Å²) in [5.74, 6) is 0.445. The Balaban J connectivity index is 2.11. The highest BCUT2D eigenvalue weighted by atomic mass is 32.2. The van der Waals surface area contributed by atoms with E-state index in [1.165, 1.54) is 18.1 Å². The number of aryl methyl sites for hydroxylation is 1. The molecule has 3 heterocycles. The smallest absolute Gasteiger partial charge is 0.192 e. The van der Waals surface area contributed by atoms with E-state index in [9.17, 15) is 0 Å². The minimum absolute atomic E-state index is 0.445. The average molecular weight is 247 g/mol. The molecule has 0 aliphatic heterocycles. The third kappa shape index (κ3) is 1.72. The summed E-state index contributed by atoms with van der Waals surface area (Å²) in [7, 11) is 1.82. The van der Waals surface area contributed by atoms with Crippen molar-refractivity contribution in [1.29, 1.82) is 0 Å². The molecule has 0 saturated heterocycles. The summed E-state index contributed by atoms with van der Waals surface area (Å²) in [4.78, 5) is 12.6. The van der Waals surface area contributed by atoms with Gasteiger partial charge in [-0.3, -0.25) is 0 Å². The van der Waals surface area contributed by atoms with E-state index >= 15 is 0 Å². The Kier molecular flexibility index (Phi) is 2.22. The van der Waals surface area contributed by atoms with Crippen molar-refractivity contribution in [3.8, 4) is 0 Å². The highest BCUT2D eigenvalue weighted by molar-refractivity contribution is 7.99. The topological polar surface area (TPSA) is 86.9 Å². The summed E-state index contributed by atoms with van der Waals surface area (Å²) in [5, 5.41) is 5.46. The largest absolute Gasteiger partial charge is 0.382 e. The first-order valence-corrected chi connectivity index (χ1v) is 5.67. The monoisotopic (exact) mass is 247 g/mol. The molecule has 0 bridgehead atoms.